The van der Waals surface area contributed by atoms with E-state index >= 15 is 0 Å². The van der Waals surface area contributed by atoms with Crippen LogP contribution < -0.4 is 9.46 Å². The standard InChI is InChI=1S/C23H33N5O5S/c1-16-11-28(12-18-9-24-15-25-10-18)17(2)14-33-21-8-19(26-34(5,30)31)6-7-20(21)23(29)27(3)13-22(16)32-4/h6-10,15-17,22,26H,11-14H2,1-5H3/t16-,17-,22-/m1/s1. The number of likely N-dealkylation sites (N-methyl/N-ethyl adjacent to an activating group) is 1. The molecule has 186 valence electrons. The maximum atomic E-state index is 13.2. The number of carbonyl (C=O) groups is 1. The summed E-state index contributed by atoms with van der Waals surface area (Å²) in [6.07, 6.45) is 5.99. The van der Waals surface area contributed by atoms with Gasteiger partial charge in [-0.2, -0.15) is 0 Å². The molecule has 2 heterocycles. The van der Waals surface area contributed by atoms with Gasteiger partial charge in [-0.25, -0.2) is 18.4 Å². The second-order valence-corrected chi connectivity index (χ2v) is 10.6. The number of benzene rings is 1. The Labute approximate surface area is 201 Å². The molecule has 1 aromatic carbocycles. The Morgan fingerprint density at radius 1 is 1.21 bits per heavy atom. The molecule has 0 unspecified atom stereocenters. The molecule has 0 aliphatic carbocycles. The van der Waals surface area contributed by atoms with Crippen LogP contribution in [0.3, 0.4) is 0 Å². The number of ether oxygens (including phenoxy) is 2. The SMILES string of the molecule is CO[C@@H]1CN(C)C(=O)c2ccc(NS(C)(=O)=O)cc2OC[C@@H](C)N(Cc2cncnc2)C[C@H]1C. The van der Waals surface area contributed by atoms with Crippen molar-refractivity contribution in [1.29, 1.82) is 0 Å². The molecular weight excluding hydrogens is 458 g/mol. The molecule has 0 spiro atoms. The number of nitrogens with one attached hydrogen (secondary N) is 1. The minimum absolute atomic E-state index is 0.0215. The topological polar surface area (TPSA) is 114 Å². The highest BCUT2D eigenvalue weighted by atomic mass is 32.2. The van der Waals surface area contributed by atoms with Gasteiger partial charge < -0.3 is 14.4 Å². The molecule has 1 N–H and O–H groups in total. The summed E-state index contributed by atoms with van der Waals surface area (Å²) in [5.74, 6) is 0.233. The Morgan fingerprint density at radius 3 is 2.56 bits per heavy atom. The van der Waals surface area contributed by atoms with Gasteiger partial charge in [-0.15, -0.1) is 0 Å². The number of carbonyl (C=O) groups excluding carboxylic acids is 1. The molecule has 0 fully saturated rings. The molecule has 1 aliphatic rings. The van der Waals surface area contributed by atoms with E-state index < -0.39 is 10.0 Å². The van der Waals surface area contributed by atoms with Gasteiger partial charge in [-0.3, -0.25) is 14.4 Å². The number of rotatable bonds is 5. The predicted molar refractivity (Wildman–Crippen MR) is 129 cm³/mol. The van der Waals surface area contributed by atoms with Crippen LogP contribution in [0.25, 0.3) is 0 Å². The third-order valence-corrected chi connectivity index (χ3v) is 6.49. The van der Waals surface area contributed by atoms with Crippen LogP contribution in [0.2, 0.25) is 0 Å². The van der Waals surface area contributed by atoms with E-state index in [1.54, 1.807) is 49.7 Å². The maximum Gasteiger partial charge on any atom is 0.257 e. The zero-order valence-corrected chi connectivity index (χ0v) is 21.1. The van der Waals surface area contributed by atoms with Crippen molar-refractivity contribution in [2.75, 3.05) is 44.8 Å². The molecule has 0 saturated carbocycles. The van der Waals surface area contributed by atoms with Crippen LogP contribution >= 0.6 is 0 Å². The van der Waals surface area contributed by atoms with Crippen molar-refractivity contribution in [1.82, 2.24) is 19.8 Å². The van der Waals surface area contributed by atoms with Gasteiger partial charge in [0.15, 0.2) is 0 Å². The van der Waals surface area contributed by atoms with E-state index in [0.29, 0.717) is 43.2 Å². The number of hydrogen-bond acceptors (Lipinski definition) is 8. The molecular formula is C23H33N5O5S. The van der Waals surface area contributed by atoms with E-state index in [0.717, 1.165) is 11.8 Å². The number of methoxy groups -OCH3 is 1. The van der Waals surface area contributed by atoms with Crippen LogP contribution in [-0.4, -0.2) is 86.3 Å². The van der Waals surface area contributed by atoms with Crippen LogP contribution in [0, 0.1) is 5.92 Å². The lowest BCUT2D eigenvalue weighted by Crippen LogP contribution is -2.46. The first-order valence-electron chi connectivity index (χ1n) is 11.1. The fourth-order valence-corrected chi connectivity index (χ4v) is 4.55. The molecule has 0 saturated heterocycles. The summed E-state index contributed by atoms with van der Waals surface area (Å²) in [6, 6.07) is 4.67. The highest BCUT2D eigenvalue weighted by molar-refractivity contribution is 7.92. The van der Waals surface area contributed by atoms with E-state index in [9.17, 15) is 13.2 Å². The Morgan fingerprint density at radius 2 is 1.91 bits per heavy atom. The number of amides is 1. The molecule has 0 radical (unpaired) electrons. The number of anilines is 1. The van der Waals surface area contributed by atoms with Crippen LogP contribution in [0.15, 0.2) is 36.9 Å². The van der Waals surface area contributed by atoms with Crippen molar-refractivity contribution < 1.29 is 22.7 Å². The van der Waals surface area contributed by atoms with E-state index in [-0.39, 0.29) is 24.0 Å². The zero-order valence-electron chi connectivity index (χ0n) is 20.3. The fraction of sp³-hybridized carbons (Fsp3) is 0.522. The smallest absolute Gasteiger partial charge is 0.257 e. The summed E-state index contributed by atoms with van der Waals surface area (Å²) >= 11 is 0. The largest absolute Gasteiger partial charge is 0.491 e. The van der Waals surface area contributed by atoms with Crippen LogP contribution in [0.4, 0.5) is 5.69 Å². The number of aromatic nitrogens is 2. The summed E-state index contributed by atoms with van der Waals surface area (Å²) in [4.78, 5) is 25.4. The fourth-order valence-electron chi connectivity index (χ4n) is 3.99. The van der Waals surface area contributed by atoms with E-state index in [2.05, 4.69) is 33.4 Å². The number of fused-ring (bicyclic) bond motifs is 1. The monoisotopic (exact) mass is 491 g/mol. The second kappa shape index (κ2) is 11.1. The van der Waals surface area contributed by atoms with Crippen molar-refractivity contribution in [3.8, 4) is 5.75 Å². The zero-order chi connectivity index (χ0) is 24.9. The molecule has 34 heavy (non-hydrogen) atoms. The molecule has 11 heteroatoms. The maximum absolute atomic E-state index is 13.2. The normalized spacial score (nSPS) is 22.8. The Hall–Kier alpha value is -2.76. The van der Waals surface area contributed by atoms with Crippen molar-refractivity contribution >= 4 is 21.6 Å². The number of hydrogen-bond donors (Lipinski definition) is 1. The molecule has 1 aromatic heterocycles. The first-order valence-corrected chi connectivity index (χ1v) is 13.0. The second-order valence-electron chi connectivity index (χ2n) is 8.86. The molecule has 10 nitrogen and oxygen atoms in total. The molecule has 1 amide bonds. The Kier molecular flexibility index (Phi) is 8.45. The van der Waals surface area contributed by atoms with Crippen LogP contribution in [-0.2, 0) is 21.3 Å². The van der Waals surface area contributed by atoms with Crippen LogP contribution in [0.5, 0.6) is 5.75 Å². The van der Waals surface area contributed by atoms with Gasteiger partial charge in [-0.05, 0) is 25.0 Å². The summed E-state index contributed by atoms with van der Waals surface area (Å²) < 4.78 is 37.7. The minimum Gasteiger partial charge on any atom is -0.491 e. The third kappa shape index (κ3) is 6.87. The molecule has 3 rings (SSSR count). The van der Waals surface area contributed by atoms with Crippen molar-refractivity contribution in [3.63, 3.8) is 0 Å². The quantitative estimate of drug-likeness (QED) is 0.674. The number of sulfonamides is 1. The van der Waals surface area contributed by atoms with Gasteiger partial charge in [0, 0.05) is 63.9 Å². The lowest BCUT2D eigenvalue weighted by atomic mass is 10.0. The summed E-state index contributed by atoms with van der Waals surface area (Å²) in [5, 5.41) is 0. The minimum atomic E-state index is -3.48. The van der Waals surface area contributed by atoms with Gasteiger partial charge in [0.2, 0.25) is 10.0 Å². The Balaban J connectivity index is 1.96. The lowest BCUT2D eigenvalue weighted by molar-refractivity contribution is 0.00918. The van der Waals surface area contributed by atoms with Crippen molar-refractivity contribution in [3.05, 3.63) is 48.0 Å². The summed E-state index contributed by atoms with van der Waals surface area (Å²) in [5.41, 5.74) is 1.67. The van der Waals surface area contributed by atoms with Gasteiger partial charge in [0.1, 0.15) is 18.7 Å². The van der Waals surface area contributed by atoms with Gasteiger partial charge in [0.25, 0.3) is 5.91 Å². The highest BCUT2D eigenvalue weighted by Crippen LogP contribution is 2.27. The molecule has 0 bridgehead atoms. The lowest BCUT2D eigenvalue weighted by Gasteiger charge is -2.36. The molecule has 1 aliphatic heterocycles. The third-order valence-electron chi connectivity index (χ3n) is 5.88. The van der Waals surface area contributed by atoms with Crippen molar-refractivity contribution in [2.24, 2.45) is 5.92 Å². The first kappa shape index (κ1) is 25.9. The predicted octanol–water partition coefficient (Wildman–Crippen LogP) is 1.85. The number of nitrogens with zero attached hydrogens (tertiary/aromatic N) is 4. The van der Waals surface area contributed by atoms with Crippen LogP contribution in [0.1, 0.15) is 29.8 Å². The van der Waals surface area contributed by atoms with Gasteiger partial charge in [-0.1, -0.05) is 6.92 Å². The highest BCUT2D eigenvalue weighted by Gasteiger charge is 2.28. The molecule has 2 aromatic rings. The first-order chi connectivity index (χ1) is 16.1. The average molecular weight is 492 g/mol. The summed E-state index contributed by atoms with van der Waals surface area (Å²) in [7, 11) is -0.0962. The molecule has 3 atom stereocenters. The average Bonchev–Trinajstić information content (AvgIpc) is 2.79. The van der Waals surface area contributed by atoms with E-state index in [1.807, 2.05) is 0 Å². The van der Waals surface area contributed by atoms with E-state index in [1.165, 1.54) is 6.33 Å². The van der Waals surface area contributed by atoms with Gasteiger partial charge in [0.05, 0.1) is 23.6 Å². The Bertz CT molecular complexity index is 1080. The van der Waals surface area contributed by atoms with Crippen molar-refractivity contribution in [2.45, 2.75) is 32.5 Å². The van der Waals surface area contributed by atoms with E-state index in [4.69, 9.17) is 9.47 Å². The summed E-state index contributed by atoms with van der Waals surface area (Å²) in [6.45, 7) is 6.19. The van der Waals surface area contributed by atoms with Gasteiger partial charge >= 0.3 is 0 Å².